The second kappa shape index (κ2) is 8.60. The largest absolute Gasteiger partial charge is 0.330 e. The van der Waals surface area contributed by atoms with Crippen molar-refractivity contribution in [1.82, 2.24) is 18.8 Å². The SMILES string of the molecule is CCc1ccc(C2CNCCN2S(=O)(=O)c2cn(C)c(=O)n(C)c2=O)cc1.Cl. The number of sulfonamides is 1. The minimum atomic E-state index is -4.07. The summed E-state index contributed by atoms with van der Waals surface area (Å²) in [5.41, 5.74) is 0.663. The van der Waals surface area contributed by atoms with Crippen molar-refractivity contribution in [2.24, 2.45) is 14.1 Å². The number of hydrogen-bond donors (Lipinski definition) is 1. The predicted molar refractivity (Wildman–Crippen MR) is 109 cm³/mol. The molecule has 1 aliphatic rings. The van der Waals surface area contributed by atoms with Crippen LogP contribution in [0, 0.1) is 0 Å². The lowest BCUT2D eigenvalue weighted by atomic mass is 10.0. The summed E-state index contributed by atoms with van der Waals surface area (Å²) < 4.78 is 29.9. The van der Waals surface area contributed by atoms with Crippen molar-refractivity contribution in [3.63, 3.8) is 0 Å². The normalized spacial score (nSPS) is 17.9. The first-order valence-corrected chi connectivity index (χ1v) is 10.3. The first-order chi connectivity index (χ1) is 12.8. The lowest BCUT2D eigenvalue weighted by Gasteiger charge is -2.35. The highest BCUT2D eigenvalue weighted by atomic mass is 35.5. The number of nitrogens with zero attached hydrogens (tertiary/aromatic N) is 3. The highest BCUT2D eigenvalue weighted by molar-refractivity contribution is 7.89. The van der Waals surface area contributed by atoms with Crippen LogP contribution in [-0.2, 0) is 30.5 Å². The second-order valence-electron chi connectivity index (χ2n) is 6.68. The number of benzene rings is 1. The van der Waals surface area contributed by atoms with E-state index in [0.717, 1.165) is 27.3 Å². The van der Waals surface area contributed by atoms with Gasteiger partial charge in [0.1, 0.15) is 0 Å². The Bertz CT molecular complexity index is 1060. The Balaban J connectivity index is 0.00000280. The third kappa shape index (κ3) is 3.93. The van der Waals surface area contributed by atoms with Crippen LogP contribution in [0.15, 0.2) is 44.9 Å². The van der Waals surface area contributed by atoms with E-state index in [-0.39, 0.29) is 23.8 Å². The van der Waals surface area contributed by atoms with Gasteiger partial charge in [-0.05, 0) is 17.5 Å². The quantitative estimate of drug-likeness (QED) is 0.761. The molecule has 1 atom stereocenters. The Morgan fingerprint density at radius 1 is 1.14 bits per heavy atom. The van der Waals surface area contributed by atoms with Crippen molar-refractivity contribution in [2.75, 3.05) is 19.6 Å². The number of halogens is 1. The summed E-state index contributed by atoms with van der Waals surface area (Å²) in [6, 6.07) is 7.41. The van der Waals surface area contributed by atoms with Gasteiger partial charge in [-0.1, -0.05) is 31.2 Å². The first-order valence-electron chi connectivity index (χ1n) is 8.85. The van der Waals surface area contributed by atoms with Crippen LogP contribution < -0.4 is 16.6 Å². The Morgan fingerprint density at radius 3 is 2.39 bits per heavy atom. The van der Waals surface area contributed by atoms with Crippen LogP contribution >= 0.6 is 12.4 Å². The Kier molecular flexibility index (Phi) is 6.87. The lowest BCUT2D eigenvalue weighted by molar-refractivity contribution is 0.271. The van der Waals surface area contributed by atoms with E-state index in [1.54, 1.807) is 0 Å². The number of rotatable bonds is 4. The standard InChI is InChI=1S/C18H24N4O4S.ClH/c1-4-13-5-7-14(8-6-13)15-11-19-9-10-22(15)27(25,26)16-12-20(2)18(24)21(3)17(16)23;/h5-8,12,15,19H,4,9-11H2,1-3H3;1H. The number of piperazine rings is 1. The summed E-state index contributed by atoms with van der Waals surface area (Å²) in [4.78, 5) is 24.0. The number of nitrogens with one attached hydrogen (secondary N) is 1. The summed E-state index contributed by atoms with van der Waals surface area (Å²) in [6.07, 6.45) is 2.01. The smallest absolute Gasteiger partial charge is 0.313 e. The third-order valence-corrected chi connectivity index (χ3v) is 6.86. The molecule has 0 bridgehead atoms. The predicted octanol–water partition coefficient (Wildman–Crippen LogP) is 0.403. The Labute approximate surface area is 170 Å². The van der Waals surface area contributed by atoms with Gasteiger partial charge in [0.25, 0.3) is 15.6 Å². The van der Waals surface area contributed by atoms with Crippen LogP contribution in [0.25, 0.3) is 0 Å². The minimum absolute atomic E-state index is 0. The molecule has 2 aromatic rings. The molecular formula is C18H25ClN4O4S. The molecule has 2 heterocycles. The molecule has 1 saturated heterocycles. The van der Waals surface area contributed by atoms with Crippen molar-refractivity contribution in [3.8, 4) is 0 Å². The van der Waals surface area contributed by atoms with Crippen molar-refractivity contribution in [1.29, 1.82) is 0 Å². The minimum Gasteiger partial charge on any atom is -0.313 e. The van der Waals surface area contributed by atoms with Gasteiger partial charge in [-0.15, -0.1) is 12.4 Å². The van der Waals surface area contributed by atoms with E-state index in [1.807, 2.05) is 24.3 Å². The van der Waals surface area contributed by atoms with E-state index < -0.39 is 27.3 Å². The van der Waals surface area contributed by atoms with Crippen molar-refractivity contribution in [3.05, 3.63) is 62.4 Å². The van der Waals surface area contributed by atoms with Crippen molar-refractivity contribution < 1.29 is 8.42 Å². The summed E-state index contributed by atoms with van der Waals surface area (Å²) in [5, 5.41) is 3.22. The molecule has 1 N–H and O–H groups in total. The van der Waals surface area contributed by atoms with Gasteiger partial charge in [0.15, 0.2) is 4.90 Å². The molecule has 1 aromatic carbocycles. The van der Waals surface area contributed by atoms with Crippen LogP contribution in [-0.4, -0.2) is 41.5 Å². The molecule has 1 fully saturated rings. The van der Waals surface area contributed by atoms with Gasteiger partial charge >= 0.3 is 5.69 Å². The molecule has 0 aliphatic carbocycles. The van der Waals surface area contributed by atoms with Crippen LogP contribution in [0.4, 0.5) is 0 Å². The molecule has 0 saturated carbocycles. The van der Waals surface area contributed by atoms with Crippen LogP contribution in [0.2, 0.25) is 0 Å². The van der Waals surface area contributed by atoms with E-state index in [2.05, 4.69) is 12.2 Å². The Morgan fingerprint density at radius 2 is 1.79 bits per heavy atom. The highest BCUT2D eigenvalue weighted by Crippen LogP contribution is 2.28. The average molecular weight is 429 g/mol. The fourth-order valence-electron chi connectivity index (χ4n) is 3.31. The fourth-order valence-corrected chi connectivity index (χ4v) is 5.08. The maximum Gasteiger partial charge on any atom is 0.330 e. The first kappa shape index (κ1) is 22.4. The van der Waals surface area contributed by atoms with Crippen LogP contribution in [0.5, 0.6) is 0 Å². The van der Waals surface area contributed by atoms with E-state index >= 15 is 0 Å². The maximum atomic E-state index is 13.3. The second-order valence-corrected chi connectivity index (χ2v) is 8.54. The monoisotopic (exact) mass is 428 g/mol. The Hall–Kier alpha value is -1.94. The maximum absolute atomic E-state index is 13.3. The summed E-state index contributed by atoms with van der Waals surface area (Å²) in [7, 11) is -1.36. The highest BCUT2D eigenvalue weighted by Gasteiger charge is 2.36. The van der Waals surface area contributed by atoms with Gasteiger partial charge in [0, 0.05) is 39.9 Å². The molecule has 1 aliphatic heterocycles. The summed E-state index contributed by atoms with van der Waals surface area (Å²) in [5.74, 6) is 0. The molecule has 0 radical (unpaired) electrons. The van der Waals surface area contributed by atoms with Gasteiger partial charge in [0.05, 0.1) is 6.04 Å². The number of hydrogen-bond acceptors (Lipinski definition) is 5. The van der Waals surface area contributed by atoms with E-state index in [0.29, 0.717) is 13.1 Å². The lowest BCUT2D eigenvalue weighted by Crippen LogP contribution is -2.50. The number of aryl methyl sites for hydroxylation is 2. The molecule has 28 heavy (non-hydrogen) atoms. The topological polar surface area (TPSA) is 93.4 Å². The zero-order valence-corrected chi connectivity index (χ0v) is 17.7. The fraction of sp³-hybridized carbons (Fsp3) is 0.444. The van der Waals surface area contributed by atoms with Crippen LogP contribution in [0.1, 0.15) is 24.1 Å². The molecule has 1 aromatic heterocycles. The third-order valence-electron chi connectivity index (χ3n) is 4.97. The van der Waals surface area contributed by atoms with E-state index in [1.165, 1.54) is 24.0 Å². The van der Waals surface area contributed by atoms with Crippen molar-refractivity contribution in [2.45, 2.75) is 24.3 Å². The average Bonchev–Trinajstić information content (AvgIpc) is 2.69. The zero-order valence-electron chi connectivity index (χ0n) is 16.1. The van der Waals surface area contributed by atoms with Gasteiger partial charge in [0.2, 0.25) is 0 Å². The molecule has 3 rings (SSSR count). The zero-order chi connectivity index (χ0) is 19.8. The van der Waals surface area contributed by atoms with Crippen LogP contribution in [0.3, 0.4) is 0 Å². The number of aromatic nitrogens is 2. The van der Waals surface area contributed by atoms with Crippen molar-refractivity contribution >= 4 is 22.4 Å². The summed E-state index contributed by atoms with van der Waals surface area (Å²) >= 11 is 0. The van der Waals surface area contributed by atoms with E-state index in [4.69, 9.17) is 0 Å². The van der Waals surface area contributed by atoms with Gasteiger partial charge in [-0.3, -0.25) is 9.36 Å². The van der Waals surface area contributed by atoms with Gasteiger partial charge in [-0.25, -0.2) is 13.2 Å². The van der Waals surface area contributed by atoms with E-state index in [9.17, 15) is 18.0 Å². The molecule has 10 heteroatoms. The molecule has 0 spiro atoms. The molecule has 1 unspecified atom stereocenters. The van der Waals surface area contributed by atoms with Gasteiger partial charge < -0.3 is 9.88 Å². The van der Waals surface area contributed by atoms with Gasteiger partial charge in [-0.2, -0.15) is 4.31 Å². The molecule has 0 amide bonds. The molecular weight excluding hydrogens is 404 g/mol. The molecule has 8 nitrogen and oxygen atoms in total. The molecule has 154 valence electrons. The summed E-state index contributed by atoms with van der Waals surface area (Å²) in [6.45, 7) is 3.25.